The van der Waals surface area contributed by atoms with Crippen molar-refractivity contribution >= 4 is 11.8 Å². The molecule has 8 heteroatoms. The maximum absolute atomic E-state index is 5.46. The molecule has 0 saturated carbocycles. The zero-order valence-corrected chi connectivity index (χ0v) is 16.8. The van der Waals surface area contributed by atoms with Crippen LogP contribution in [0.4, 0.5) is 0 Å². The molecule has 0 bridgehead atoms. The number of allylic oxidation sites excluding steroid dienone is 1. The van der Waals surface area contributed by atoms with Crippen LogP contribution >= 0.6 is 11.8 Å². The van der Waals surface area contributed by atoms with E-state index in [9.17, 15) is 0 Å². The molecule has 0 aliphatic heterocycles. The second-order valence-electron chi connectivity index (χ2n) is 6.96. The number of thioether (sulfide) groups is 1. The number of nitrogens with zero attached hydrogens (tertiary/aromatic N) is 5. The lowest BCUT2D eigenvalue weighted by Gasteiger charge is -2.10. The van der Waals surface area contributed by atoms with Crippen LogP contribution < -0.4 is 4.74 Å². The van der Waals surface area contributed by atoms with E-state index in [1.807, 2.05) is 55.7 Å². The molecule has 3 rings (SSSR count). The highest BCUT2D eigenvalue weighted by Crippen LogP contribution is 2.31. The third-order valence-electron chi connectivity index (χ3n) is 3.82. The van der Waals surface area contributed by atoms with Gasteiger partial charge in [0.25, 0.3) is 0 Å². The number of hydrogen-bond acceptors (Lipinski definition) is 7. The predicted molar refractivity (Wildman–Crippen MR) is 105 cm³/mol. The summed E-state index contributed by atoms with van der Waals surface area (Å²) in [5, 5.41) is 13.5. The Hall–Kier alpha value is -2.61. The van der Waals surface area contributed by atoms with Gasteiger partial charge in [-0.2, -0.15) is 4.98 Å². The third-order valence-corrected chi connectivity index (χ3v) is 4.78. The number of para-hydroxylation sites is 1. The molecular formula is C19H23N5O2S. The van der Waals surface area contributed by atoms with Crippen molar-refractivity contribution in [2.24, 2.45) is 0 Å². The summed E-state index contributed by atoms with van der Waals surface area (Å²) in [6.07, 6.45) is 1.82. The fourth-order valence-corrected chi connectivity index (χ4v) is 3.25. The Morgan fingerprint density at radius 1 is 1.26 bits per heavy atom. The van der Waals surface area contributed by atoms with Crippen LogP contribution in [0.15, 0.2) is 46.6 Å². The fourth-order valence-electron chi connectivity index (χ4n) is 2.46. The van der Waals surface area contributed by atoms with E-state index in [0.717, 1.165) is 22.3 Å². The van der Waals surface area contributed by atoms with E-state index in [-0.39, 0.29) is 5.41 Å². The first-order chi connectivity index (χ1) is 12.9. The highest BCUT2D eigenvalue weighted by molar-refractivity contribution is 7.98. The largest absolute Gasteiger partial charge is 0.496 e. The van der Waals surface area contributed by atoms with Crippen LogP contribution in [0.25, 0.3) is 11.4 Å². The van der Waals surface area contributed by atoms with E-state index >= 15 is 0 Å². The summed E-state index contributed by atoms with van der Waals surface area (Å²) < 4.78 is 12.8. The van der Waals surface area contributed by atoms with Crippen LogP contribution in [0.5, 0.6) is 5.75 Å². The zero-order chi connectivity index (χ0) is 19.4. The van der Waals surface area contributed by atoms with Crippen LogP contribution in [-0.4, -0.2) is 32.0 Å². The average molecular weight is 385 g/mol. The Bertz CT molecular complexity index is 926. The van der Waals surface area contributed by atoms with Crippen LogP contribution in [0.2, 0.25) is 0 Å². The van der Waals surface area contributed by atoms with E-state index in [4.69, 9.17) is 9.26 Å². The molecule has 142 valence electrons. The molecule has 7 nitrogen and oxygen atoms in total. The topological polar surface area (TPSA) is 78.9 Å². The van der Waals surface area contributed by atoms with E-state index in [0.29, 0.717) is 24.0 Å². The van der Waals surface area contributed by atoms with E-state index in [2.05, 4.69) is 26.9 Å². The minimum atomic E-state index is -0.171. The molecule has 2 aromatic heterocycles. The Labute approximate surface area is 162 Å². The lowest BCUT2D eigenvalue weighted by molar-refractivity contribution is 0.319. The summed E-state index contributed by atoms with van der Waals surface area (Å²) in [7, 11) is 1.64. The van der Waals surface area contributed by atoms with Gasteiger partial charge in [-0.05, 0) is 12.1 Å². The molecule has 0 aliphatic carbocycles. The van der Waals surface area contributed by atoms with Crippen molar-refractivity contribution in [3.05, 3.63) is 48.6 Å². The first kappa shape index (κ1) is 19.2. The molecule has 0 saturated heterocycles. The maximum Gasteiger partial charge on any atom is 0.232 e. The summed E-state index contributed by atoms with van der Waals surface area (Å²) in [4.78, 5) is 4.47. The number of ether oxygens (including phenoxy) is 1. The molecule has 0 radical (unpaired) electrons. The Morgan fingerprint density at radius 3 is 2.70 bits per heavy atom. The molecule has 3 aromatic rings. The van der Waals surface area contributed by atoms with Gasteiger partial charge in [0.1, 0.15) is 5.75 Å². The summed E-state index contributed by atoms with van der Waals surface area (Å²) in [5.74, 6) is 3.29. The monoisotopic (exact) mass is 385 g/mol. The van der Waals surface area contributed by atoms with Crippen molar-refractivity contribution in [3.8, 4) is 17.1 Å². The van der Waals surface area contributed by atoms with E-state index < -0.39 is 0 Å². The molecule has 1 aromatic carbocycles. The highest BCUT2D eigenvalue weighted by Gasteiger charge is 2.22. The second-order valence-corrected chi connectivity index (χ2v) is 7.90. The third kappa shape index (κ3) is 4.21. The van der Waals surface area contributed by atoms with Crippen LogP contribution in [-0.2, 0) is 17.7 Å². The Balaban J connectivity index is 1.85. The molecule has 0 unspecified atom stereocenters. The quantitative estimate of drug-likeness (QED) is 0.447. The lowest BCUT2D eigenvalue weighted by Crippen LogP contribution is -2.11. The SMILES string of the molecule is C=CCn1c(SCc2noc(C(C)(C)C)n2)nnc1-c1ccccc1OC. The van der Waals surface area contributed by atoms with Gasteiger partial charge in [-0.1, -0.05) is 55.9 Å². The molecule has 0 amide bonds. The standard InChI is InChI=1S/C19H23N5O2S/c1-6-11-24-16(13-9-7-8-10-14(13)25-5)21-22-18(24)27-12-15-20-17(26-23-15)19(2,3)4/h6-10H,1,11-12H2,2-5H3. The van der Waals surface area contributed by atoms with E-state index in [1.54, 1.807) is 7.11 Å². The molecule has 0 atom stereocenters. The smallest absolute Gasteiger partial charge is 0.232 e. The number of benzene rings is 1. The number of rotatable bonds is 7. The van der Waals surface area contributed by atoms with Crippen molar-refractivity contribution in [2.45, 2.75) is 43.6 Å². The van der Waals surface area contributed by atoms with Crippen molar-refractivity contribution in [1.82, 2.24) is 24.9 Å². The van der Waals surface area contributed by atoms with Gasteiger partial charge < -0.3 is 9.26 Å². The minimum Gasteiger partial charge on any atom is -0.496 e. The molecule has 0 fully saturated rings. The minimum absolute atomic E-state index is 0.171. The molecule has 0 aliphatic rings. The van der Waals surface area contributed by atoms with Gasteiger partial charge in [-0.15, -0.1) is 16.8 Å². The fraction of sp³-hybridized carbons (Fsp3) is 0.368. The normalized spacial score (nSPS) is 11.6. The first-order valence-electron chi connectivity index (χ1n) is 8.57. The number of aromatic nitrogens is 5. The van der Waals surface area contributed by atoms with Crippen LogP contribution in [0.1, 0.15) is 32.5 Å². The Morgan fingerprint density at radius 2 is 2.04 bits per heavy atom. The molecule has 0 spiro atoms. The number of methoxy groups -OCH3 is 1. The van der Waals surface area contributed by atoms with Crippen molar-refractivity contribution < 1.29 is 9.26 Å². The summed E-state index contributed by atoms with van der Waals surface area (Å²) >= 11 is 1.51. The molecule has 27 heavy (non-hydrogen) atoms. The van der Waals surface area contributed by atoms with Gasteiger partial charge in [-0.3, -0.25) is 4.57 Å². The first-order valence-corrected chi connectivity index (χ1v) is 9.56. The van der Waals surface area contributed by atoms with Crippen LogP contribution in [0.3, 0.4) is 0 Å². The van der Waals surface area contributed by atoms with Crippen molar-refractivity contribution in [1.29, 1.82) is 0 Å². The van der Waals surface area contributed by atoms with Gasteiger partial charge >= 0.3 is 0 Å². The van der Waals surface area contributed by atoms with Gasteiger partial charge in [-0.25, -0.2) is 0 Å². The van der Waals surface area contributed by atoms with Gasteiger partial charge in [0.2, 0.25) is 5.89 Å². The summed E-state index contributed by atoms with van der Waals surface area (Å²) in [6, 6.07) is 7.74. The number of hydrogen-bond donors (Lipinski definition) is 0. The summed E-state index contributed by atoms with van der Waals surface area (Å²) in [5.41, 5.74) is 0.714. The summed E-state index contributed by atoms with van der Waals surface area (Å²) in [6.45, 7) is 10.5. The van der Waals surface area contributed by atoms with Crippen molar-refractivity contribution in [2.75, 3.05) is 7.11 Å². The second kappa shape index (κ2) is 7.96. The van der Waals surface area contributed by atoms with Gasteiger partial charge in [0.15, 0.2) is 16.8 Å². The van der Waals surface area contributed by atoms with Crippen molar-refractivity contribution in [3.63, 3.8) is 0 Å². The molecule has 2 heterocycles. The average Bonchev–Trinajstić information content (AvgIpc) is 3.27. The lowest BCUT2D eigenvalue weighted by atomic mass is 9.97. The maximum atomic E-state index is 5.46. The van der Waals surface area contributed by atoms with Gasteiger partial charge in [0, 0.05) is 12.0 Å². The highest BCUT2D eigenvalue weighted by atomic mass is 32.2. The zero-order valence-electron chi connectivity index (χ0n) is 16.0. The van der Waals surface area contributed by atoms with Crippen LogP contribution in [0, 0.1) is 0 Å². The Kier molecular flexibility index (Phi) is 5.65. The molecular weight excluding hydrogens is 362 g/mol. The van der Waals surface area contributed by atoms with E-state index in [1.165, 1.54) is 11.8 Å². The predicted octanol–water partition coefficient (Wildman–Crippen LogP) is 4.11. The van der Waals surface area contributed by atoms with Gasteiger partial charge in [0.05, 0.1) is 18.4 Å². The molecule has 0 N–H and O–H groups in total.